The van der Waals surface area contributed by atoms with Gasteiger partial charge in [0.25, 0.3) is 11.6 Å². The third-order valence-corrected chi connectivity index (χ3v) is 6.43. The van der Waals surface area contributed by atoms with Gasteiger partial charge in [-0.25, -0.2) is 0 Å². The number of nitro groups is 1. The first-order valence-corrected chi connectivity index (χ1v) is 11.0. The predicted molar refractivity (Wildman–Crippen MR) is 130 cm³/mol. The smallest absolute Gasteiger partial charge is 0.283 e. The number of hydrogen-bond donors (Lipinski definition) is 1. The normalized spacial score (nSPS) is 16.5. The summed E-state index contributed by atoms with van der Waals surface area (Å²) in [5, 5.41) is 26.4. The van der Waals surface area contributed by atoms with Gasteiger partial charge in [0, 0.05) is 47.2 Å². The second-order valence-electron chi connectivity index (χ2n) is 7.60. The van der Waals surface area contributed by atoms with E-state index >= 15 is 0 Å². The van der Waals surface area contributed by atoms with Crippen molar-refractivity contribution in [3.63, 3.8) is 0 Å². The molecule has 34 heavy (non-hydrogen) atoms. The molecule has 10 nitrogen and oxygen atoms in total. The molecule has 0 saturated carbocycles. The number of carbonyl (C=O) groups is 1. The number of amidine groups is 2. The molecule has 2 aromatic heterocycles. The number of nitrogens with zero attached hydrogens (tertiary/aromatic N) is 6. The van der Waals surface area contributed by atoms with E-state index in [1.165, 1.54) is 28.9 Å². The maximum absolute atomic E-state index is 12.8. The van der Waals surface area contributed by atoms with Gasteiger partial charge in [-0.2, -0.15) is 15.1 Å². The van der Waals surface area contributed by atoms with Crippen LogP contribution in [0.25, 0.3) is 11.8 Å². The van der Waals surface area contributed by atoms with Crippen molar-refractivity contribution < 1.29 is 9.72 Å². The summed E-state index contributed by atoms with van der Waals surface area (Å²) in [6, 6.07) is 11.8. The van der Waals surface area contributed by atoms with Gasteiger partial charge in [0.05, 0.1) is 10.5 Å². The number of hydrogen-bond acceptors (Lipinski definition) is 7. The second-order valence-corrected chi connectivity index (χ2v) is 8.55. The molecule has 0 spiro atoms. The Labute approximate surface area is 198 Å². The number of hydrazone groups is 1. The van der Waals surface area contributed by atoms with E-state index in [1.54, 1.807) is 42.7 Å². The molecular weight excluding hydrogens is 454 g/mol. The van der Waals surface area contributed by atoms with E-state index in [9.17, 15) is 14.9 Å². The number of thioether (sulfide) groups is 1. The molecule has 0 saturated heterocycles. The summed E-state index contributed by atoms with van der Waals surface area (Å²) in [7, 11) is 0. The van der Waals surface area contributed by atoms with Crippen LogP contribution >= 0.6 is 11.8 Å². The van der Waals surface area contributed by atoms with Gasteiger partial charge in [0.1, 0.15) is 5.04 Å². The molecule has 168 valence electrons. The van der Waals surface area contributed by atoms with E-state index in [0.717, 1.165) is 28.2 Å². The zero-order valence-corrected chi connectivity index (χ0v) is 18.9. The number of pyridine rings is 1. The van der Waals surface area contributed by atoms with Gasteiger partial charge in [-0.3, -0.25) is 25.3 Å². The lowest BCUT2D eigenvalue weighted by Gasteiger charge is -2.20. The molecule has 2 aliphatic heterocycles. The minimum absolute atomic E-state index is 0.0126. The summed E-state index contributed by atoms with van der Waals surface area (Å²) in [6.07, 6.45) is 4.94. The van der Waals surface area contributed by atoms with Crippen molar-refractivity contribution in [2.24, 2.45) is 10.1 Å². The summed E-state index contributed by atoms with van der Waals surface area (Å²) in [4.78, 5) is 31.5. The van der Waals surface area contributed by atoms with Crippen LogP contribution in [0.1, 0.15) is 22.5 Å². The molecule has 0 aliphatic carbocycles. The van der Waals surface area contributed by atoms with Gasteiger partial charge >= 0.3 is 0 Å². The number of aromatic nitrogens is 2. The Balaban J connectivity index is 1.49. The van der Waals surface area contributed by atoms with Crippen LogP contribution < -0.4 is 0 Å². The highest BCUT2D eigenvalue weighted by molar-refractivity contribution is 8.27. The van der Waals surface area contributed by atoms with Gasteiger partial charge < -0.3 is 4.57 Å². The van der Waals surface area contributed by atoms with Crippen LogP contribution in [0.5, 0.6) is 0 Å². The van der Waals surface area contributed by atoms with Crippen LogP contribution in [0.2, 0.25) is 0 Å². The van der Waals surface area contributed by atoms with Crippen molar-refractivity contribution in [3.05, 3.63) is 93.1 Å². The Hall–Kier alpha value is -4.38. The standard InChI is InChI=1S/C23H17N7O3S/c1-13-11-16(14(2)28(13)17-3-5-18(6-4-17)30(32)33)12-19-20(24)29-23(26-21(19)31)34-22(27-29)15-7-9-25-10-8-15/h3-12,24H,1-2H3/b19-12-,24-20?. The maximum atomic E-state index is 12.8. The molecule has 1 amide bonds. The Morgan fingerprint density at radius 2 is 1.82 bits per heavy atom. The van der Waals surface area contributed by atoms with Gasteiger partial charge in [0.2, 0.25) is 5.17 Å². The summed E-state index contributed by atoms with van der Waals surface area (Å²) >= 11 is 1.23. The summed E-state index contributed by atoms with van der Waals surface area (Å²) < 4.78 is 1.94. The molecule has 1 N–H and O–H groups in total. The topological polar surface area (TPSA) is 130 Å². The van der Waals surface area contributed by atoms with Crippen molar-refractivity contribution in [2.75, 3.05) is 0 Å². The predicted octanol–water partition coefficient (Wildman–Crippen LogP) is 4.06. The summed E-state index contributed by atoms with van der Waals surface area (Å²) in [5.41, 5.74) is 4.19. The van der Waals surface area contributed by atoms with Gasteiger partial charge in [-0.1, -0.05) is 0 Å². The van der Waals surface area contributed by atoms with Crippen LogP contribution in [-0.4, -0.2) is 41.4 Å². The molecule has 0 atom stereocenters. The number of benzene rings is 1. The number of amides is 1. The first-order chi connectivity index (χ1) is 16.3. The molecular formula is C23H17N7O3S. The maximum Gasteiger partial charge on any atom is 0.283 e. The highest BCUT2D eigenvalue weighted by Gasteiger charge is 2.36. The monoisotopic (exact) mass is 471 g/mol. The van der Waals surface area contributed by atoms with E-state index in [0.29, 0.717) is 10.2 Å². The lowest BCUT2D eigenvalue weighted by molar-refractivity contribution is -0.384. The molecule has 0 bridgehead atoms. The number of nitrogens with one attached hydrogen (secondary N) is 1. The molecule has 3 aromatic rings. The first-order valence-electron chi connectivity index (χ1n) is 10.2. The van der Waals surface area contributed by atoms with Gasteiger partial charge in [-0.05, 0) is 67.6 Å². The van der Waals surface area contributed by atoms with Crippen LogP contribution in [0.3, 0.4) is 0 Å². The minimum atomic E-state index is -0.505. The largest absolute Gasteiger partial charge is 0.318 e. The zero-order chi connectivity index (χ0) is 24.0. The number of aryl methyl sites for hydroxylation is 1. The molecule has 0 fully saturated rings. The minimum Gasteiger partial charge on any atom is -0.318 e. The van der Waals surface area contributed by atoms with Crippen LogP contribution in [-0.2, 0) is 4.79 Å². The van der Waals surface area contributed by atoms with Crippen LogP contribution in [0.4, 0.5) is 5.69 Å². The van der Waals surface area contributed by atoms with Crippen molar-refractivity contribution in [1.29, 1.82) is 5.41 Å². The number of nitro benzene ring substituents is 1. The van der Waals surface area contributed by atoms with Gasteiger partial charge in [0.15, 0.2) is 5.84 Å². The molecule has 5 rings (SSSR count). The lowest BCUT2D eigenvalue weighted by atomic mass is 10.1. The average Bonchev–Trinajstić information content (AvgIpc) is 3.37. The molecule has 4 heterocycles. The third kappa shape index (κ3) is 3.61. The Morgan fingerprint density at radius 1 is 1.12 bits per heavy atom. The zero-order valence-electron chi connectivity index (χ0n) is 18.1. The average molecular weight is 472 g/mol. The Morgan fingerprint density at radius 3 is 2.50 bits per heavy atom. The van der Waals surface area contributed by atoms with E-state index in [-0.39, 0.29) is 17.1 Å². The fourth-order valence-corrected chi connectivity index (χ4v) is 4.71. The first kappa shape index (κ1) is 21.5. The second kappa shape index (κ2) is 8.19. The van der Waals surface area contributed by atoms with Crippen molar-refractivity contribution in [3.8, 4) is 5.69 Å². The van der Waals surface area contributed by atoms with Crippen molar-refractivity contribution >= 4 is 45.5 Å². The molecule has 0 radical (unpaired) electrons. The van der Waals surface area contributed by atoms with Crippen molar-refractivity contribution in [1.82, 2.24) is 14.6 Å². The molecule has 0 unspecified atom stereocenters. The third-order valence-electron chi connectivity index (χ3n) is 5.47. The highest BCUT2D eigenvalue weighted by atomic mass is 32.2. The Kier molecular flexibility index (Phi) is 5.17. The fraction of sp³-hybridized carbons (Fsp3) is 0.0870. The fourth-order valence-electron chi connectivity index (χ4n) is 3.81. The number of non-ortho nitro benzene ring substituents is 1. The van der Waals surface area contributed by atoms with Crippen LogP contribution in [0.15, 0.2) is 70.5 Å². The van der Waals surface area contributed by atoms with E-state index in [1.807, 2.05) is 24.5 Å². The quantitative estimate of drug-likeness (QED) is 0.347. The van der Waals surface area contributed by atoms with E-state index < -0.39 is 10.8 Å². The molecule has 11 heteroatoms. The summed E-state index contributed by atoms with van der Waals surface area (Å²) in [6.45, 7) is 3.79. The molecule has 1 aromatic carbocycles. The Bertz CT molecular complexity index is 1450. The van der Waals surface area contributed by atoms with E-state index in [2.05, 4.69) is 15.1 Å². The highest BCUT2D eigenvalue weighted by Crippen LogP contribution is 2.32. The lowest BCUT2D eigenvalue weighted by Crippen LogP contribution is -2.35. The summed E-state index contributed by atoms with van der Waals surface area (Å²) in [5.74, 6) is -0.554. The number of fused-ring (bicyclic) bond motifs is 1. The van der Waals surface area contributed by atoms with Crippen LogP contribution in [0, 0.1) is 29.4 Å². The molecule has 2 aliphatic rings. The van der Waals surface area contributed by atoms with Gasteiger partial charge in [-0.15, -0.1) is 0 Å². The van der Waals surface area contributed by atoms with Crippen molar-refractivity contribution in [2.45, 2.75) is 13.8 Å². The number of rotatable bonds is 4. The SMILES string of the molecule is Cc1cc(/C=C2/C(=N)N3N=C(c4ccncc4)SC3=NC2=O)c(C)n1-c1ccc([N+](=O)[O-])cc1. The number of aliphatic imine (C=N–C) groups is 1. The number of carbonyl (C=O) groups excluding carboxylic acids is 1. The van der Waals surface area contributed by atoms with E-state index in [4.69, 9.17) is 5.41 Å².